The number of ether oxygens (including phenoxy) is 2. The maximum absolute atomic E-state index is 13.5. The van der Waals surface area contributed by atoms with Crippen molar-refractivity contribution in [1.82, 2.24) is 10.2 Å². The van der Waals surface area contributed by atoms with Crippen molar-refractivity contribution in [1.29, 1.82) is 0 Å². The van der Waals surface area contributed by atoms with E-state index in [1.54, 1.807) is 0 Å². The monoisotopic (exact) mass is 548 g/mol. The number of benzene rings is 4. The summed E-state index contributed by atoms with van der Waals surface area (Å²) in [6, 6.07) is 33.5. The third kappa shape index (κ3) is 6.64. The molecule has 4 aromatic rings. The number of carbonyl (C=O) groups is 3. The lowest BCUT2D eigenvalue weighted by Crippen LogP contribution is -2.50. The molecule has 0 bridgehead atoms. The van der Waals surface area contributed by atoms with Crippen molar-refractivity contribution in [3.8, 4) is 11.1 Å². The van der Waals surface area contributed by atoms with Gasteiger partial charge in [-0.2, -0.15) is 0 Å². The molecular formula is C34H32N2O5. The Kier molecular flexibility index (Phi) is 8.74. The fraction of sp³-hybridized carbons (Fsp3) is 0.206. The standard InChI is InChI=1S/C34H32N2O5/c1-40-33(38)31(20-24-12-4-2-5-13-24)35-34(39)36(21-25-14-6-3-7-15-25)22-32(37)41-23-30-28-18-10-8-16-26(28)27-17-9-11-19-29(27)30/h2-19,30-31H,20-23H2,1H3,(H,35,39)/t31-/m0/s1. The molecule has 1 N–H and O–H groups in total. The predicted octanol–water partition coefficient (Wildman–Crippen LogP) is 5.34. The Morgan fingerprint density at radius 2 is 1.29 bits per heavy atom. The molecular weight excluding hydrogens is 516 g/mol. The summed E-state index contributed by atoms with van der Waals surface area (Å²) in [5, 5.41) is 2.77. The molecule has 4 aromatic carbocycles. The van der Waals surface area contributed by atoms with Crippen LogP contribution in [0, 0.1) is 0 Å². The first kappa shape index (κ1) is 27.6. The number of carbonyl (C=O) groups excluding carboxylic acids is 3. The van der Waals surface area contributed by atoms with E-state index in [9.17, 15) is 14.4 Å². The highest BCUT2D eigenvalue weighted by Gasteiger charge is 2.30. The van der Waals surface area contributed by atoms with Crippen molar-refractivity contribution < 1.29 is 23.9 Å². The van der Waals surface area contributed by atoms with E-state index in [-0.39, 0.29) is 32.0 Å². The van der Waals surface area contributed by atoms with E-state index < -0.39 is 24.0 Å². The van der Waals surface area contributed by atoms with E-state index in [1.165, 1.54) is 12.0 Å². The molecule has 0 spiro atoms. The summed E-state index contributed by atoms with van der Waals surface area (Å²) in [5.41, 5.74) is 6.22. The molecule has 0 radical (unpaired) electrons. The number of amides is 2. The zero-order valence-corrected chi connectivity index (χ0v) is 22.9. The summed E-state index contributed by atoms with van der Waals surface area (Å²) >= 11 is 0. The van der Waals surface area contributed by atoms with Crippen LogP contribution in [0.1, 0.15) is 28.2 Å². The molecule has 41 heavy (non-hydrogen) atoms. The third-order valence-corrected chi connectivity index (χ3v) is 7.26. The van der Waals surface area contributed by atoms with E-state index in [2.05, 4.69) is 29.6 Å². The van der Waals surface area contributed by atoms with Gasteiger partial charge in [-0.05, 0) is 33.4 Å². The zero-order valence-electron chi connectivity index (χ0n) is 22.9. The SMILES string of the molecule is COC(=O)[C@H](Cc1ccccc1)NC(=O)N(CC(=O)OCC1c2ccccc2-c2ccccc21)Cc1ccccc1. The zero-order chi connectivity index (χ0) is 28.6. The van der Waals surface area contributed by atoms with E-state index in [0.717, 1.165) is 33.4 Å². The molecule has 1 aliphatic carbocycles. The Bertz CT molecular complexity index is 1460. The molecule has 0 saturated heterocycles. The van der Waals surface area contributed by atoms with Crippen LogP contribution in [0.5, 0.6) is 0 Å². The Morgan fingerprint density at radius 3 is 1.88 bits per heavy atom. The second-order valence-electron chi connectivity index (χ2n) is 9.97. The molecule has 0 heterocycles. The summed E-state index contributed by atoms with van der Waals surface area (Å²) in [7, 11) is 1.28. The number of hydrogen-bond acceptors (Lipinski definition) is 5. The van der Waals surface area contributed by atoms with Gasteiger partial charge in [-0.15, -0.1) is 0 Å². The maximum atomic E-state index is 13.5. The quantitative estimate of drug-likeness (QED) is 0.271. The van der Waals surface area contributed by atoms with Crippen LogP contribution in [-0.4, -0.2) is 49.2 Å². The van der Waals surface area contributed by atoms with Gasteiger partial charge in [-0.3, -0.25) is 4.79 Å². The highest BCUT2D eigenvalue weighted by molar-refractivity contribution is 5.86. The number of nitrogens with zero attached hydrogens (tertiary/aromatic N) is 1. The minimum absolute atomic E-state index is 0.0858. The number of rotatable bonds is 10. The van der Waals surface area contributed by atoms with Gasteiger partial charge >= 0.3 is 18.0 Å². The molecule has 208 valence electrons. The van der Waals surface area contributed by atoms with Crippen molar-refractivity contribution in [3.05, 3.63) is 131 Å². The second kappa shape index (κ2) is 13.0. The number of nitrogens with one attached hydrogen (secondary N) is 1. The van der Waals surface area contributed by atoms with Crippen LogP contribution in [0.4, 0.5) is 4.79 Å². The van der Waals surface area contributed by atoms with E-state index in [4.69, 9.17) is 9.47 Å². The first-order chi connectivity index (χ1) is 20.0. The van der Waals surface area contributed by atoms with E-state index >= 15 is 0 Å². The van der Waals surface area contributed by atoms with Crippen molar-refractivity contribution in [3.63, 3.8) is 0 Å². The van der Waals surface area contributed by atoms with Gasteiger partial charge in [0.05, 0.1) is 7.11 Å². The Morgan fingerprint density at radius 1 is 0.756 bits per heavy atom. The van der Waals surface area contributed by atoms with Crippen molar-refractivity contribution >= 4 is 18.0 Å². The van der Waals surface area contributed by atoms with Gasteiger partial charge in [0.25, 0.3) is 0 Å². The summed E-state index contributed by atoms with van der Waals surface area (Å²) in [6.45, 7) is 0.0402. The molecule has 0 fully saturated rings. The number of methoxy groups -OCH3 is 1. The van der Waals surface area contributed by atoms with Crippen LogP contribution in [0.3, 0.4) is 0 Å². The van der Waals surface area contributed by atoms with Crippen LogP contribution in [0.25, 0.3) is 11.1 Å². The summed E-state index contributed by atoms with van der Waals surface area (Å²) in [5.74, 6) is -1.18. The smallest absolute Gasteiger partial charge is 0.328 e. The maximum Gasteiger partial charge on any atom is 0.328 e. The molecule has 1 aliphatic rings. The van der Waals surface area contributed by atoms with Crippen LogP contribution in [-0.2, 0) is 32.0 Å². The van der Waals surface area contributed by atoms with Gasteiger partial charge in [0.15, 0.2) is 0 Å². The normalized spacial score (nSPS) is 12.5. The molecule has 0 saturated carbocycles. The largest absolute Gasteiger partial charge is 0.467 e. The fourth-order valence-electron chi connectivity index (χ4n) is 5.25. The molecule has 0 aliphatic heterocycles. The Hall–Kier alpha value is -4.91. The van der Waals surface area contributed by atoms with Gasteiger partial charge in [-0.1, -0.05) is 109 Å². The van der Waals surface area contributed by atoms with Crippen LogP contribution in [0.2, 0.25) is 0 Å². The van der Waals surface area contributed by atoms with E-state index in [0.29, 0.717) is 0 Å². The van der Waals surface area contributed by atoms with Crippen LogP contribution >= 0.6 is 0 Å². The Labute approximate surface area is 239 Å². The number of fused-ring (bicyclic) bond motifs is 3. The highest BCUT2D eigenvalue weighted by Crippen LogP contribution is 2.44. The third-order valence-electron chi connectivity index (χ3n) is 7.26. The molecule has 7 heteroatoms. The average Bonchev–Trinajstić information content (AvgIpc) is 3.33. The topological polar surface area (TPSA) is 84.9 Å². The lowest BCUT2D eigenvalue weighted by Gasteiger charge is -2.25. The minimum Gasteiger partial charge on any atom is -0.467 e. The minimum atomic E-state index is -0.921. The van der Waals surface area contributed by atoms with Gasteiger partial charge in [0.1, 0.15) is 19.2 Å². The first-order valence-electron chi connectivity index (χ1n) is 13.6. The summed E-state index contributed by atoms with van der Waals surface area (Å²) in [6.07, 6.45) is 0.253. The molecule has 0 aromatic heterocycles. The highest BCUT2D eigenvalue weighted by atomic mass is 16.5. The van der Waals surface area contributed by atoms with Crippen molar-refractivity contribution in [2.75, 3.05) is 20.3 Å². The molecule has 2 amide bonds. The van der Waals surface area contributed by atoms with Crippen LogP contribution in [0.15, 0.2) is 109 Å². The lowest BCUT2D eigenvalue weighted by atomic mass is 9.98. The summed E-state index contributed by atoms with van der Waals surface area (Å²) < 4.78 is 10.7. The van der Waals surface area contributed by atoms with Crippen molar-refractivity contribution in [2.24, 2.45) is 0 Å². The fourth-order valence-corrected chi connectivity index (χ4v) is 5.25. The number of hydrogen-bond donors (Lipinski definition) is 1. The van der Waals surface area contributed by atoms with Gasteiger partial charge in [0.2, 0.25) is 0 Å². The molecule has 5 rings (SSSR count). The molecule has 7 nitrogen and oxygen atoms in total. The van der Waals surface area contributed by atoms with E-state index in [1.807, 2.05) is 84.9 Å². The average molecular weight is 549 g/mol. The number of esters is 2. The Balaban J connectivity index is 1.29. The summed E-state index contributed by atoms with van der Waals surface area (Å²) in [4.78, 5) is 40.6. The van der Waals surface area contributed by atoms with Gasteiger partial charge in [0, 0.05) is 18.9 Å². The van der Waals surface area contributed by atoms with Gasteiger partial charge < -0.3 is 19.7 Å². The molecule has 0 unspecified atom stereocenters. The molecule has 1 atom stereocenters. The van der Waals surface area contributed by atoms with Crippen molar-refractivity contribution in [2.45, 2.75) is 24.9 Å². The lowest BCUT2D eigenvalue weighted by molar-refractivity contribution is -0.144. The second-order valence-corrected chi connectivity index (χ2v) is 9.97. The van der Waals surface area contributed by atoms with Gasteiger partial charge in [-0.25, -0.2) is 9.59 Å². The number of urea groups is 1. The first-order valence-corrected chi connectivity index (χ1v) is 13.6. The predicted molar refractivity (Wildman–Crippen MR) is 156 cm³/mol. The van der Waals surface area contributed by atoms with Crippen LogP contribution < -0.4 is 5.32 Å².